The number of rotatable bonds is 6. The second-order valence-corrected chi connectivity index (χ2v) is 5.85. The van der Waals surface area contributed by atoms with Gasteiger partial charge in [-0.25, -0.2) is 4.39 Å². The Morgan fingerprint density at radius 3 is 2.54 bits per heavy atom. The van der Waals surface area contributed by atoms with E-state index in [2.05, 4.69) is 15.2 Å². The first-order valence-electron chi connectivity index (χ1n) is 8.53. The predicted octanol–water partition coefficient (Wildman–Crippen LogP) is 2.59. The molecule has 5 nitrogen and oxygen atoms in total. The summed E-state index contributed by atoms with van der Waals surface area (Å²) in [5.74, 6) is 0.628. The number of guanidine groups is 1. The Bertz CT molecular complexity index is 514. The van der Waals surface area contributed by atoms with E-state index < -0.39 is 0 Å². The number of methoxy groups -OCH3 is 1. The highest BCUT2D eigenvalue weighted by molar-refractivity contribution is 5.80. The lowest BCUT2D eigenvalue weighted by molar-refractivity contribution is 0.0261. The van der Waals surface area contributed by atoms with Gasteiger partial charge in [0, 0.05) is 40.4 Å². The van der Waals surface area contributed by atoms with E-state index in [1.165, 1.54) is 12.1 Å². The second-order valence-electron chi connectivity index (χ2n) is 5.85. The van der Waals surface area contributed by atoms with Crippen LogP contribution in [0, 0.1) is 5.82 Å². The van der Waals surface area contributed by atoms with Gasteiger partial charge in [-0.3, -0.25) is 4.99 Å². The number of piperidine rings is 1. The first-order chi connectivity index (χ1) is 11.7. The monoisotopic (exact) mass is 337 g/mol. The van der Waals surface area contributed by atoms with E-state index in [1.54, 1.807) is 26.3 Å². The molecule has 24 heavy (non-hydrogen) atoms. The molecule has 0 aliphatic carbocycles. The van der Waals surface area contributed by atoms with Crippen LogP contribution in [0.5, 0.6) is 0 Å². The van der Waals surface area contributed by atoms with E-state index in [0.29, 0.717) is 12.6 Å². The fraction of sp³-hybridized carbons (Fsp3) is 0.611. The summed E-state index contributed by atoms with van der Waals surface area (Å²) in [5, 5.41) is 3.37. The quantitative estimate of drug-likeness (QED) is 0.640. The highest BCUT2D eigenvalue weighted by Crippen LogP contribution is 2.17. The number of nitrogens with one attached hydrogen (secondary N) is 1. The maximum absolute atomic E-state index is 13.1. The van der Waals surface area contributed by atoms with E-state index >= 15 is 0 Å². The molecule has 1 N–H and O–H groups in total. The topological polar surface area (TPSA) is 46.1 Å². The van der Waals surface area contributed by atoms with Crippen molar-refractivity contribution in [1.29, 1.82) is 0 Å². The van der Waals surface area contributed by atoms with Crippen LogP contribution in [0.3, 0.4) is 0 Å². The largest absolute Gasteiger partial charge is 0.378 e. The Hall–Kier alpha value is -1.66. The average Bonchev–Trinajstić information content (AvgIpc) is 2.61. The van der Waals surface area contributed by atoms with E-state index in [0.717, 1.165) is 44.1 Å². The number of benzene rings is 1. The van der Waals surface area contributed by atoms with Crippen LogP contribution in [0.15, 0.2) is 29.3 Å². The summed E-state index contributed by atoms with van der Waals surface area (Å²) in [6.07, 6.45) is 2.24. The van der Waals surface area contributed by atoms with Gasteiger partial charge in [0.1, 0.15) is 5.82 Å². The minimum absolute atomic E-state index is 0.150. The lowest BCUT2D eigenvalue weighted by Gasteiger charge is -2.34. The van der Waals surface area contributed by atoms with E-state index in [1.807, 2.05) is 6.92 Å². The molecule has 0 radical (unpaired) electrons. The van der Waals surface area contributed by atoms with Crippen LogP contribution in [0.1, 0.15) is 31.4 Å². The zero-order chi connectivity index (χ0) is 17.4. The molecule has 2 rings (SSSR count). The van der Waals surface area contributed by atoms with Crippen molar-refractivity contribution in [2.75, 3.05) is 40.4 Å². The number of halogens is 1. The lowest BCUT2D eigenvalue weighted by atomic mass is 10.1. The fourth-order valence-electron chi connectivity index (χ4n) is 3.00. The van der Waals surface area contributed by atoms with Gasteiger partial charge in [0.15, 0.2) is 5.96 Å². The number of likely N-dealkylation sites (tertiary alicyclic amines) is 1. The molecule has 6 heteroatoms. The third-order valence-corrected chi connectivity index (χ3v) is 4.33. The smallest absolute Gasteiger partial charge is 0.193 e. The van der Waals surface area contributed by atoms with Crippen LogP contribution >= 0.6 is 0 Å². The number of aliphatic imine (C=N–C) groups is 1. The van der Waals surface area contributed by atoms with Gasteiger partial charge in [-0.05, 0) is 37.5 Å². The molecule has 0 saturated carbocycles. The Balaban J connectivity index is 1.87. The third kappa shape index (κ3) is 5.18. The van der Waals surface area contributed by atoms with Gasteiger partial charge in [0.2, 0.25) is 0 Å². The van der Waals surface area contributed by atoms with Crippen LogP contribution < -0.4 is 5.32 Å². The summed E-state index contributed by atoms with van der Waals surface area (Å²) >= 11 is 0. The molecule has 0 aromatic heterocycles. The fourth-order valence-corrected chi connectivity index (χ4v) is 3.00. The van der Waals surface area contributed by atoms with Gasteiger partial charge in [-0.1, -0.05) is 12.1 Å². The SMILES string of the molecule is CCOC1CCN(C(=NC)NCC(OC)c2ccc(F)cc2)CC1. The van der Waals surface area contributed by atoms with Crippen molar-refractivity contribution in [2.24, 2.45) is 4.99 Å². The molecule has 1 atom stereocenters. The van der Waals surface area contributed by atoms with Crippen LogP contribution in [-0.4, -0.2) is 57.4 Å². The molecule has 1 heterocycles. The molecule has 134 valence electrons. The highest BCUT2D eigenvalue weighted by atomic mass is 19.1. The Kier molecular flexibility index (Phi) is 7.46. The summed E-state index contributed by atoms with van der Waals surface area (Å²) in [6, 6.07) is 6.41. The number of hydrogen-bond donors (Lipinski definition) is 1. The molecule has 0 spiro atoms. The lowest BCUT2D eigenvalue weighted by Crippen LogP contribution is -2.47. The first kappa shape index (κ1) is 18.7. The van der Waals surface area contributed by atoms with Crippen molar-refractivity contribution in [3.05, 3.63) is 35.6 Å². The predicted molar refractivity (Wildman–Crippen MR) is 93.7 cm³/mol. The summed E-state index contributed by atoms with van der Waals surface area (Å²) in [4.78, 5) is 6.61. The molecular weight excluding hydrogens is 309 g/mol. The first-order valence-corrected chi connectivity index (χ1v) is 8.53. The summed E-state index contributed by atoms with van der Waals surface area (Å²) in [7, 11) is 3.45. The van der Waals surface area contributed by atoms with Crippen LogP contribution in [0.2, 0.25) is 0 Å². The van der Waals surface area contributed by atoms with Gasteiger partial charge >= 0.3 is 0 Å². The molecule has 1 saturated heterocycles. The van der Waals surface area contributed by atoms with Crippen molar-refractivity contribution >= 4 is 5.96 Å². The normalized spacial score (nSPS) is 17.8. The Morgan fingerprint density at radius 2 is 2.00 bits per heavy atom. The molecule has 1 aliphatic rings. The molecular formula is C18H28FN3O2. The minimum Gasteiger partial charge on any atom is -0.378 e. The summed E-state index contributed by atoms with van der Waals surface area (Å²) in [5.41, 5.74) is 0.942. The van der Waals surface area contributed by atoms with E-state index in [9.17, 15) is 4.39 Å². The molecule has 1 aromatic carbocycles. The second kappa shape index (κ2) is 9.59. The van der Waals surface area contributed by atoms with Gasteiger partial charge in [0.05, 0.1) is 12.2 Å². The van der Waals surface area contributed by atoms with Crippen molar-refractivity contribution in [2.45, 2.75) is 32.0 Å². The zero-order valence-corrected chi connectivity index (χ0v) is 14.8. The maximum Gasteiger partial charge on any atom is 0.193 e. The van der Waals surface area contributed by atoms with Crippen LogP contribution in [0.25, 0.3) is 0 Å². The highest BCUT2D eigenvalue weighted by Gasteiger charge is 2.22. The van der Waals surface area contributed by atoms with Gasteiger partial charge < -0.3 is 19.7 Å². The van der Waals surface area contributed by atoms with Gasteiger partial charge in [-0.15, -0.1) is 0 Å². The van der Waals surface area contributed by atoms with Crippen molar-refractivity contribution in [1.82, 2.24) is 10.2 Å². The third-order valence-electron chi connectivity index (χ3n) is 4.33. The number of ether oxygens (including phenoxy) is 2. The number of hydrogen-bond acceptors (Lipinski definition) is 3. The zero-order valence-electron chi connectivity index (χ0n) is 14.8. The standard InChI is InChI=1S/C18H28FN3O2/c1-4-24-16-9-11-22(12-10-16)18(20-2)21-13-17(23-3)14-5-7-15(19)8-6-14/h5-8,16-17H,4,9-13H2,1-3H3,(H,20,21). The maximum atomic E-state index is 13.1. The molecule has 1 fully saturated rings. The minimum atomic E-state index is -0.241. The Labute approximate surface area is 143 Å². The van der Waals surface area contributed by atoms with Crippen molar-refractivity contribution in [3.63, 3.8) is 0 Å². The van der Waals surface area contributed by atoms with E-state index in [-0.39, 0.29) is 11.9 Å². The van der Waals surface area contributed by atoms with E-state index in [4.69, 9.17) is 9.47 Å². The molecule has 1 aromatic rings. The molecule has 1 aliphatic heterocycles. The molecule has 1 unspecified atom stereocenters. The van der Waals surface area contributed by atoms with Crippen LogP contribution in [0.4, 0.5) is 4.39 Å². The van der Waals surface area contributed by atoms with Gasteiger partial charge in [0.25, 0.3) is 0 Å². The summed E-state index contributed by atoms with van der Waals surface area (Å²) in [6.45, 7) is 5.25. The molecule has 0 bridgehead atoms. The summed E-state index contributed by atoms with van der Waals surface area (Å²) < 4.78 is 24.3. The molecule has 0 amide bonds. The average molecular weight is 337 g/mol. The van der Waals surface area contributed by atoms with Crippen LogP contribution in [-0.2, 0) is 9.47 Å². The van der Waals surface area contributed by atoms with Crippen molar-refractivity contribution in [3.8, 4) is 0 Å². The number of nitrogens with zero attached hydrogens (tertiary/aromatic N) is 2. The van der Waals surface area contributed by atoms with Crippen molar-refractivity contribution < 1.29 is 13.9 Å². The van der Waals surface area contributed by atoms with Gasteiger partial charge in [-0.2, -0.15) is 0 Å². The Morgan fingerprint density at radius 1 is 1.33 bits per heavy atom.